The molecular weight excluding hydrogens is 602 g/mol. The fourth-order valence-corrected chi connectivity index (χ4v) is 6.96. The molecule has 4 heterocycles. The van der Waals surface area contributed by atoms with E-state index in [9.17, 15) is 9.59 Å². The second-order valence-electron chi connectivity index (χ2n) is 15.1. The molecule has 250 valence electrons. The van der Waals surface area contributed by atoms with Gasteiger partial charge in [0.1, 0.15) is 17.0 Å². The van der Waals surface area contributed by atoms with Gasteiger partial charge in [0.2, 0.25) is 0 Å². The van der Waals surface area contributed by atoms with E-state index in [0.717, 1.165) is 81.4 Å². The van der Waals surface area contributed by atoms with E-state index < -0.39 is 11.2 Å². The van der Waals surface area contributed by atoms with E-state index in [2.05, 4.69) is 70.6 Å². The number of aromatic amines is 2. The molecule has 2 aliphatic rings. The Labute approximate surface area is 281 Å². The number of hydrogen-bond donors (Lipinski definition) is 2. The minimum atomic E-state index is -0.539. The van der Waals surface area contributed by atoms with Gasteiger partial charge in [-0.05, 0) is 120 Å². The van der Waals surface area contributed by atoms with Crippen molar-refractivity contribution in [3.05, 3.63) is 78.2 Å². The number of likely N-dealkylation sites (tertiary alicyclic amines) is 2. The van der Waals surface area contributed by atoms with Crippen LogP contribution in [0.15, 0.2) is 66.7 Å². The number of nitrogens with zero attached hydrogens (tertiary/aromatic N) is 3. The summed E-state index contributed by atoms with van der Waals surface area (Å²) in [6.07, 6.45) is 3.10. The second kappa shape index (κ2) is 12.0. The van der Waals surface area contributed by atoms with Crippen molar-refractivity contribution in [2.24, 2.45) is 0 Å². The van der Waals surface area contributed by atoms with Crippen LogP contribution in [0, 0.1) is 0 Å². The number of benzene rings is 3. The minimum absolute atomic E-state index is 0.0136. The van der Waals surface area contributed by atoms with Gasteiger partial charge in [-0.3, -0.25) is 9.80 Å². The normalized spacial score (nSPS) is 18.6. The van der Waals surface area contributed by atoms with E-state index in [1.807, 2.05) is 52.5 Å². The van der Waals surface area contributed by atoms with Gasteiger partial charge >= 0.3 is 12.2 Å². The molecule has 2 saturated heterocycles. The number of amides is 2. The molecule has 0 radical (unpaired) electrons. The van der Waals surface area contributed by atoms with Crippen LogP contribution in [0.4, 0.5) is 9.59 Å². The Kier molecular flexibility index (Phi) is 7.96. The third kappa shape index (κ3) is 6.50. The fraction of sp³-hybridized carbons (Fsp3) is 0.410. The molecule has 9 heteroatoms. The Balaban J connectivity index is 1.08. The highest BCUT2D eigenvalue weighted by Gasteiger charge is 2.36. The number of fused-ring (bicyclic) bond motifs is 2. The van der Waals surface area contributed by atoms with E-state index in [-0.39, 0.29) is 24.3 Å². The molecule has 5 aromatic rings. The molecule has 0 bridgehead atoms. The minimum Gasteiger partial charge on any atom is -0.444 e. The number of imidazole rings is 1. The monoisotopic (exact) mass is 647 g/mol. The van der Waals surface area contributed by atoms with Crippen LogP contribution in [0.5, 0.6) is 0 Å². The van der Waals surface area contributed by atoms with E-state index in [1.165, 1.54) is 0 Å². The first-order valence-corrected chi connectivity index (χ1v) is 17.0. The van der Waals surface area contributed by atoms with Crippen LogP contribution in [0.3, 0.4) is 0 Å². The summed E-state index contributed by atoms with van der Waals surface area (Å²) in [5, 5.41) is 1.12. The van der Waals surface area contributed by atoms with E-state index >= 15 is 0 Å². The highest BCUT2D eigenvalue weighted by Crippen LogP contribution is 2.37. The van der Waals surface area contributed by atoms with Crippen LogP contribution < -0.4 is 0 Å². The summed E-state index contributed by atoms with van der Waals surface area (Å²) in [5.41, 5.74) is 7.34. The van der Waals surface area contributed by atoms with Crippen molar-refractivity contribution in [2.75, 3.05) is 13.1 Å². The number of hydrogen-bond acceptors (Lipinski definition) is 5. The number of H-pyrrole nitrogens is 2. The molecule has 0 spiro atoms. The first-order chi connectivity index (χ1) is 22.8. The molecule has 3 aromatic carbocycles. The van der Waals surface area contributed by atoms with Gasteiger partial charge < -0.3 is 19.4 Å². The lowest BCUT2D eigenvalue weighted by Gasteiger charge is -2.28. The third-order valence-corrected chi connectivity index (χ3v) is 9.13. The first kappa shape index (κ1) is 31.8. The van der Waals surface area contributed by atoms with Crippen molar-refractivity contribution in [1.29, 1.82) is 0 Å². The van der Waals surface area contributed by atoms with Crippen molar-refractivity contribution in [3.63, 3.8) is 0 Å². The largest absolute Gasteiger partial charge is 0.444 e. The summed E-state index contributed by atoms with van der Waals surface area (Å²) in [4.78, 5) is 41.3. The topological polar surface area (TPSA) is 104 Å². The van der Waals surface area contributed by atoms with Crippen molar-refractivity contribution in [3.8, 4) is 22.3 Å². The van der Waals surface area contributed by atoms with Gasteiger partial charge in [0.15, 0.2) is 0 Å². The molecule has 2 amide bonds. The molecule has 7 rings (SSSR count). The molecular formula is C39H45N5O4. The van der Waals surface area contributed by atoms with Gasteiger partial charge in [-0.15, -0.1) is 0 Å². The van der Waals surface area contributed by atoms with Crippen LogP contribution >= 0.6 is 0 Å². The van der Waals surface area contributed by atoms with Crippen LogP contribution in [-0.4, -0.2) is 61.2 Å². The molecule has 2 N–H and O–H groups in total. The number of carbonyl (C=O) groups is 2. The predicted molar refractivity (Wildman–Crippen MR) is 189 cm³/mol. The number of nitrogens with one attached hydrogen (secondary N) is 2. The Morgan fingerprint density at radius 2 is 1.21 bits per heavy atom. The highest BCUT2D eigenvalue weighted by molar-refractivity contribution is 5.87. The first-order valence-electron chi connectivity index (χ1n) is 17.0. The lowest BCUT2D eigenvalue weighted by molar-refractivity contribution is 0.0210. The second-order valence-corrected chi connectivity index (χ2v) is 15.1. The maximum absolute atomic E-state index is 12.9. The van der Waals surface area contributed by atoms with Crippen molar-refractivity contribution in [2.45, 2.75) is 90.5 Å². The standard InChI is InChI=1S/C39H45N5O4/c1-38(2,3)47-36(45)43-19-7-9-33(43)32-23-28-21-26(15-17-29(28)40-32)24-11-13-25(14-12-24)27-16-18-30-31(22-27)42-35(41-30)34-10-8-20-44(34)37(46)48-39(4,5)6/h11-18,21-23,33-34,40H,7-10,19-20H2,1-6H3,(H,41,42)/t33?,34-/m0/s1. The third-order valence-electron chi connectivity index (χ3n) is 9.13. The zero-order valence-electron chi connectivity index (χ0n) is 28.7. The number of rotatable bonds is 4. The van der Waals surface area contributed by atoms with Gasteiger partial charge in [0, 0.05) is 29.7 Å². The van der Waals surface area contributed by atoms with Crippen LogP contribution in [0.1, 0.15) is 90.8 Å². The van der Waals surface area contributed by atoms with Crippen molar-refractivity contribution < 1.29 is 19.1 Å². The summed E-state index contributed by atoms with van der Waals surface area (Å²) >= 11 is 0. The predicted octanol–water partition coefficient (Wildman–Crippen LogP) is 9.52. The summed E-state index contributed by atoms with van der Waals surface area (Å²) < 4.78 is 11.3. The van der Waals surface area contributed by atoms with Gasteiger partial charge in [0.05, 0.1) is 23.1 Å². The summed E-state index contributed by atoms with van der Waals surface area (Å²) in [5.74, 6) is 0.801. The zero-order valence-corrected chi connectivity index (χ0v) is 28.7. The van der Waals surface area contributed by atoms with E-state index in [1.54, 1.807) is 4.90 Å². The molecule has 0 saturated carbocycles. The SMILES string of the molecule is CC(C)(C)OC(=O)N1CCCC1c1cc2cc(-c3ccc(-c4ccc5nc([C@@H]6CCCN6C(=O)OC(C)(C)C)[nH]c5c4)cc3)ccc2[nH]1. The Morgan fingerprint density at radius 1 is 0.667 bits per heavy atom. The van der Waals surface area contributed by atoms with Crippen molar-refractivity contribution >= 4 is 34.1 Å². The Bertz CT molecular complexity index is 1830. The van der Waals surface area contributed by atoms with Crippen LogP contribution in [-0.2, 0) is 9.47 Å². The number of carbonyl (C=O) groups excluding carboxylic acids is 2. The van der Waals surface area contributed by atoms with E-state index in [4.69, 9.17) is 14.5 Å². The summed E-state index contributed by atoms with van der Waals surface area (Å²) in [7, 11) is 0. The molecule has 2 atom stereocenters. The van der Waals surface area contributed by atoms with E-state index in [0.29, 0.717) is 13.1 Å². The maximum Gasteiger partial charge on any atom is 0.410 e. The zero-order chi connectivity index (χ0) is 33.8. The molecule has 2 fully saturated rings. The number of aromatic nitrogens is 3. The van der Waals surface area contributed by atoms with Gasteiger partial charge in [-0.2, -0.15) is 0 Å². The lowest BCUT2D eigenvalue weighted by Crippen LogP contribution is -2.36. The molecule has 2 aliphatic heterocycles. The fourth-order valence-electron chi connectivity index (χ4n) is 6.96. The molecule has 1 unspecified atom stereocenters. The average Bonchev–Trinajstić information content (AvgIpc) is 3.83. The van der Waals surface area contributed by atoms with Crippen LogP contribution in [0.2, 0.25) is 0 Å². The van der Waals surface area contributed by atoms with Gasteiger partial charge in [-0.1, -0.05) is 36.4 Å². The Hall–Kier alpha value is -4.79. The lowest BCUT2D eigenvalue weighted by atomic mass is 9.99. The van der Waals surface area contributed by atoms with Gasteiger partial charge in [-0.25, -0.2) is 14.6 Å². The number of ether oxygens (including phenoxy) is 2. The summed E-state index contributed by atoms with van der Waals surface area (Å²) in [6.45, 7) is 12.8. The molecule has 0 aliphatic carbocycles. The molecule has 48 heavy (non-hydrogen) atoms. The quantitative estimate of drug-likeness (QED) is 0.202. The maximum atomic E-state index is 12.9. The Morgan fingerprint density at radius 3 is 1.83 bits per heavy atom. The smallest absolute Gasteiger partial charge is 0.410 e. The highest BCUT2D eigenvalue weighted by atomic mass is 16.6. The summed E-state index contributed by atoms with van der Waals surface area (Å²) in [6, 6.07) is 23.4. The van der Waals surface area contributed by atoms with Gasteiger partial charge in [0.25, 0.3) is 0 Å². The molecule has 2 aromatic heterocycles. The van der Waals surface area contributed by atoms with Crippen molar-refractivity contribution in [1.82, 2.24) is 24.8 Å². The average molecular weight is 648 g/mol. The van der Waals surface area contributed by atoms with Crippen LogP contribution in [0.25, 0.3) is 44.2 Å². The molecule has 9 nitrogen and oxygen atoms in total.